The predicted molar refractivity (Wildman–Crippen MR) is 201 cm³/mol. The molecular weight excluding hydrogens is 661 g/mol. The number of amides is 2. The van der Waals surface area contributed by atoms with Gasteiger partial charge in [-0.1, -0.05) is 49.2 Å². The molecule has 1 aliphatic rings. The lowest BCUT2D eigenvalue weighted by atomic mass is 9.79. The summed E-state index contributed by atoms with van der Waals surface area (Å²) in [5.41, 5.74) is 3.74. The maximum atomic E-state index is 14.0. The van der Waals surface area contributed by atoms with E-state index in [1.807, 2.05) is 115 Å². The van der Waals surface area contributed by atoms with Gasteiger partial charge in [0.2, 0.25) is 0 Å². The number of benzene rings is 3. The second-order valence-corrected chi connectivity index (χ2v) is 17.2. The Hall–Kier alpha value is -4.63. The van der Waals surface area contributed by atoms with Crippen molar-refractivity contribution in [2.45, 2.75) is 96.6 Å². The molecule has 3 N–H and O–H groups in total. The van der Waals surface area contributed by atoms with Crippen LogP contribution in [0.15, 0.2) is 78.9 Å². The smallest absolute Gasteiger partial charge is 0.407 e. The van der Waals surface area contributed by atoms with E-state index in [9.17, 15) is 19.4 Å². The lowest BCUT2D eigenvalue weighted by molar-refractivity contribution is 0.0523. The number of rotatable bonds is 12. The van der Waals surface area contributed by atoms with Gasteiger partial charge >= 0.3 is 6.09 Å². The van der Waals surface area contributed by atoms with Gasteiger partial charge in [0.05, 0.1) is 23.0 Å². The van der Waals surface area contributed by atoms with Crippen LogP contribution in [-0.2, 0) is 28.2 Å². The molecule has 51 heavy (non-hydrogen) atoms. The van der Waals surface area contributed by atoms with E-state index in [0.29, 0.717) is 40.7 Å². The number of aryl methyl sites for hydroxylation is 1. The van der Waals surface area contributed by atoms with Crippen molar-refractivity contribution in [3.05, 3.63) is 113 Å². The predicted octanol–water partition coefficient (Wildman–Crippen LogP) is 7.82. The van der Waals surface area contributed by atoms with Crippen LogP contribution in [0.2, 0.25) is 0 Å². The Morgan fingerprint density at radius 1 is 0.980 bits per heavy atom. The highest BCUT2D eigenvalue weighted by Crippen LogP contribution is 2.43. The third-order valence-corrected chi connectivity index (χ3v) is 10.2. The van der Waals surface area contributed by atoms with Crippen molar-refractivity contribution >= 4 is 29.0 Å². The fourth-order valence-electron chi connectivity index (χ4n) is 5.82. The average molecular weight is 709 g/mol. The lowest BCUT2D eigenvalue weighted by Gasteiger charge is -2.39. The zero-order valence-corrected chi connectivity index (χ0v) is 31.3. The molecule has 1 heterocycles. The van der Waals surface area contributed by atoms with Crippen LogP contribution in [0.3, 0.4) is 0 Å². The molecule has 2 unspecified atom stereocenters. The first-order valence-corrected chi connectivity index (χ1v) is 18.5. The number of carbonyl (C=O) groups is 2. The van der Waals surface area contributed by atoms with E-state index >= 15 is 0 Å². The summed E-state index contributed by atoms with van der Waals surface area (Å²) in [6, 6.07) is 26.5. The Morgan fingerprint density at radius 3 is 2.33 bits per heavy atom. The van der Waals surface area contributed by atoms with Gasteiger partial charge in [-0.15, -0.1) is 4.72 Å². The monoisotopic (exact) mass is 708 g/mol. The molecule has 0 aliphatic heterocycles. The van der Waals surface area contributed by atoms with Gasteiger partial charge in [-0.05, 0) is 126 Å². The first kappa shape index (κ1) is 37.6. The maximum absolute atomic E-state index is 14.0. The molecule has 3 aromatic carbocycles. The summed E-state index contributed by atoms with van der Waals surface area (Å²) in [5, 5.41) is 20.3. The first-order valence-electron chi connectivity index (χ1n) is 17.3. The third-order valence-electron chi connectivity index (χ3n) is 8.60. The summed E-state index contributed by atoms with van der Waals surface area (Å²) >= 11 is -1.45. The molecule has 0 radical (unpaired) electrons. The van der Waals surface area contributed by atoms with Crippen LogP contribution in [0.1, 0.15) is 106 Å². The van der Waals surface area contributed by atoms with Crippen molar-refractivity contribution in [2.75, 3.05) is 5.32 Å². The normalized spacial score (nSPS) is 15.0. The molecule has 2 atom stereocenters. The number of aromatic nitrogens is 2. The highest BCUT2D eigenvalue weighted by Gasteiger charge is 2.43. The van der Waals surface area contributed by atoms with Crippen LogP contribution in [-0.4, -0.2) is 36.7 Å². The summed E-state index contributed by atoms with van der Waals surface area (Å²) < 4.78 is 23.8. The van der Waals surface area contributed by atoms with Crippen LogP contribution in [0.5, 0.6) is 0 Å². The van der Waals surface area contributed by atoms with Crippen molar-refractivity contribution in [1.82, 2.24) is 19.8 Å². The van der Waals surface area contributed by atoms with Crippen LogP contribution in [0, 0.1) is 24.2 Å². The molecule has 1 aromatic heterocycles. The number of hydrogen-bond acceptors (Lipinski definition) is 7. The maximum Gasteiger partial charge on any atom is 0.407 e. The second kappa shape index (κ2) is 15.3. The van der Waals surface area contributed by atoms with Gasteiger partial charge in [0, 0.05) is 23.6 Å². The van der Waals surface area contributed by atoms with E-state index in [1.165, 1.54) is 12.8 Å². The number of nitriles is 1. The number of nitrogens with one attached hydrogen (secondary N) is 3. The van der Waals surface area contributed by atoms with Gasteiger partial charge in [0.1, 0.15) is 21.6 Å². The molecular formula is C40H48N6O4S. The van der Waals surface area contributed by atoms with E-state index in [1.54, 1.807) is 16.8 Å². The van der Waals surface area contributed by atoms with Gasteiger partial charge in [-0.3, -0.25) is 4.79 Å². The summed E-state index contributed by atoms with van der Waals surface area (Å²) in [5.74, 6) is 0.248. The molecule has 10 nitrogen and oxygen atoms in total. The molecule has 1 aliphatic carbocycles. The Balaban J connectivity index is 1.46. The average Bonchev–Trinajstić information content (AvgIpc) is 3.83. The topological polar surface area (TPSA) is 144 Å². The molecule has 268 valence electrons. The molecule has 0 bridgehead atoms. The number of nitrogens with zero attached hydrogens (tertiary/aromatic N) is 3. The summed E-state index contributed by atoms with van der Waals surface area (Å²) in [7, 11) is 0. The number of alkyl carbamates (subject to hydrolysis) is 1. The van der Waals surface area contributed by atoms with Gasteiger partial charge in [-0.2, -0.15) is 10.4 Å². The Kier molecular flexibility index (Phi) is 11.3. The standard InChI is InChI=1S/C40H48N6O4S/c1-27-21-35(46(44-27)34-16-9-12-30(23-34)26-42-37(48)50-38(2,3)4)36(47)43-33-15-10-14-32(24-33)40(20-19-28-17-18-28,45-51(49)39(5,6)7)31-13-8-11-29(22-31)25-41/h8-16,21-24,28,45H,17-20,26H2,1-7H3,(H,42,48)(H,43,47). The second-order valence-electron chi connectivity index (χ2n) is 15.2. The van der Waals surface area contributed by atoms with Crippen LogP contribution in [0.25, 0.3) is 5.69 Å². The highest BCUT2D eigenvalue weighted by atomic mass is 32.2. The van der Waals surface area contributed by atoms with E-state index in [2.05, 4.69) is 26.5 Å². The molecule has 5 rings (SSSR count). The molecule has 1 saturated carbocycles. The van der Waals surface area contributed by atoms with E-state index in [4.69, 9.17) is 4.74 Å². The Labute approximate surface area is 304 Å². The molecule has 11 heteroatoms. The zero-order chi connectivity index (χ0) is 37.0. The van der Waals surface area contributed by atoms with Crippen molar-refractivity contribution in [3.63, 3.8) is 0 Å². The largest absolute Gasteiger partial charge is 0.598 e. The van der Waals surface area contributed by atoms with Crippen molar-refractivity contribution in [1.29, 1.82) is 5.26 Å². The molecule has 0 spiro atoms. The van der Waals surface area contributed by atoms with Gasteiger partial charge in [0.15, 0.2) is 0 Å². The minimum absolute atomic E-state index is 0.241. The quantitative estimate of drug-likeness (QED) is 0.127. The molecule has 1 fully saturated rings. The van der Waals surface area contributed by atoms with Crippen molar-refractivity contribution in [3.8, 4) is 11.8 Å². The number of ether oxygens (including phenoxy) is 1. The van der Waals surface area contributed by atoms with E-state index < -0.39 is 33.3 Å². The third kappa shape index (κ3) is 9.79. The minimum Gasteiger partial charge on any atom is -0.598 e. The number of hydrogen-bond donors (Lipinski definition) is 3. The summed E-state index contributed by atoms with van der Waals surface area (Å²) in [6.07, 6.45) is 3.41. The zero-order valence-electron chi connectivity index (χ0n) is 30.5. The highest BCUT2D eigenvalue weighted by molar-refractivity contribution is 7.90. The fraction of sp³-hybridized carbons (Fsp3) is 0.400. The lowest BCUT2D eigenvalue weighted by Crippen LogP contribution is -2.52. The van der Waals surface area contributed by atoms with Crippen LogP contribution < -0.4 is 15.4 Å². The van der Waals surface area contributed by atoms with Gasteiger partial charge < -0.3 is 19.9 Å². The van der Waals surface area contributed by atoms with Crippen molar-refractivity contribution < 1.29 is 18.9 Å². The Morgan fingerprint density at radius 2 is 1.67 bits per heavy atom. The van der Waals surface area contributed by atoms with E-state index in [0.717, 1.165) is 23.1 Å². The summed E-state index contributed by atoms with van der Waals surface area (Å²) in [4.78, 5) is 26.2. The van der Waals surface area contributed by atoms with E-state index in [-0.39, 0.29) is 12.5 Å². The minimum atomic E-state index is -1.45. The SMILES string of the molecule is Cc1cc(C(=O)Nc2cccc(C(CCC3CC3)(N[S+]([O-])C(C)(C)C)c3cccc(C#N)c3)c2)n(-c2cccc(CNC(=O)OC(C)(C)C)c2)n1. The fourth-order valence-corrected chi connectivity index (χ4v) is 6.78. The molecule has 2 amide bonds. The number of anilines is 1. The van der Waals surface area contributed by atoms with Crippen LogP contribution in [0.4, 0.5) is 10.5 Å². The first-order chi connectivity index (χ1) is 24.1. The molecule has 0 saturated heterocycles. The van der Waals surface area contributed by atoms with Gasteiger partial charge in [0.25, 0.3) is 5.91 Å². The number of carbonyl (C=O) groups excluding carboxylic acids is 2. The Bertz CT molecular complexity index is 1920. The van der Waals surface area contributed by atoms with Crippen LogP contribution >= 0.6 is 0 Å². The summed E-state index contributed by atoms with van der Waals surface area (Å²) in [6.45, 7) is 13.3. The van der Waals surface area contributed by atoms with Crippen molar-refractivity contribution in [2.24, 2.45) is 5.92 Å². The van der Waals surface area contributed by atoms with Gasteiger partial charge in [-0.25, -0.2) is 9.48 Å². The molecule has 4 aromatic rings.